The van der Waals surface area contributed by atoms with E-state index in [0.717, 1.165) is 36.8 Å². The molecule has 104 valence electrons. The molecule has 2 aromatic carbocycles. The highest BCUT2D eigenvalue weighted by molar-refractivity contribution is 5.46. The van der Waals surface area contributed by atoms with Crippen LogP contribution in [-0.2, 0) is 12.0 Å². The number of aliphatic hydroxyl groups is 1. The van der Waals surface area contributed by atoms with Crippen LogP contribution in [0.3, 0.4) is 0 Å². The van der Waals surface area contributed by atoms with E-state index in [4.69, 9.17) is 0 Å². The maximum atomic E-state index is 11.5. The molecule has 0 radical (unpaired) electrons. The summed E-state index contributed by atoms with van der Waals surface area (Å²) in [5.74, 6) is 0. The van der Waals surface area contributed by atoms with Crippen molar-refractivity contribution >= 4 is 0 Å². The Bertz CT molecular complexity index is 629. The third-order valence-corrected chi connectivity index (χ3v) is 4.75. The molecular formula is C19H22O. The monoisotopic (exact) mass is 266 g/mol. The third-order valence-electron chi connectivity index (χ3n) is 4.75. The van der Waals surface area contributed by atoms with Crippen molar-refractivity contribution in [2.45, 2.75) is 45.1 Å². The SMILES string of the molecule is Cc1cccc(C2(O)CCCCc3ccccc32)c1C. The van der Waals surface area contributed by atoms with Crippen LogP contribution in [0.5, 0.6) is 0 Å². The summed E-state index contributed by atoms with van der Waals surface area (Å²) in [7, 11) is 0. The molecule has 1 heteroatoms. The van der Waals surface area contributed by atoms with Gasteiger partial charge in [-0.3, -0.25) is 0 Å². The lowest BCUT2D eigenvalue weighted by atomic mass is 9.79. The first kappa shape index (κ1) is 13.4. The standard InChI is InChI=1S/C19H22O/c1-14-8-7-12-17(15(14)2)19(20)13-6-5-10-16-9-3-4-11-18(16)19/h3-4,7-9,11-12,20H,5-6,10,13H2,1-2H3. The molecule has 20 heavy (non-hydrogen) atoms. The first-order chi connectivity index (χ1) is 9.63. The van der Waals surface area contributed by atoms with Gasteiger partial charge in [-0.1, -0.05) is 42.5 Å². The van der Waals surface area contributed by atoms with E-state index < -0.39 is 5.60 Å². The lowest BCUT2D eigenvalue weighted by Crippen LogP contribution is -2.28. The fourth-order valence-corrected chi connectivity index (χ4v) is 3.45. The molecule has 1 aliphatic carbocycles. The Labute approximate surface area is 121 Å². The van der Waals surface area contributed by atoms with Gasteiger partial charge in [-0.05, 0) is 67.3 Å². The van der Waals surface area contributed by atoms with Crippen LogP contribution in [0.1, 0.15) is 47.1 Å². The number of hydrogen-bond donors (Lipinski definition) is 1. The summed E-state index contributed by atoms with van der Waals surface area (Å²) in [5.41, 5.74) is 5.11. The second-order valence-electron chi connectivity index (χ2n) is 5.97. The van der Waals surface area contributed by atoms with E-state index in [1.165, 1.54) is 16.7 Å². The van der Waals surface area contributed by atoms with E-state index >= 15 is 0 Å². The Morgan fingerprint density at radius 2 is 1.65 bits per heavy atom. The highest BCUT2D eigenvalue weighted by Gasteiger charge is 2.35. The Morgan fingerprint density at radius 1 is 0.900 bits per heavy atom. The summed E-state index contributed by atoms with van der Waals surface area (Å²) in [5, 5.41) is 11.5. The molecule has 0 amide bonds. The van der Waals surface area contributed by atoms with Gasteiger partial charge in [-0.15, -0.1) is 0 Å². The molecule has 0 heterocycles. The predicted octanol–water partition coefficient (Wildman–Crippen LogP) is 4.27. The van der Waals surface area contributed by atoms with Gasteiger partial charge in [0.1, 0.15) is 5.60 Å². The van der Waals surface area contributed by atoms with Crippen molar-refractivity contribution in [3.8, 4) is 0 Å². The van der Waals surface area contributed by atoms with Gasteiger partial charge in [0.2, 0.25) is 0 Å². The topological polar surface area (TPSA) is 20.2 Å². The third kappa shape index (κ3) is 2.06. The average molecular weight is 266 g/mol. The van der Waals surface area contributed by atoms with Gasteiger partial charge < -0.3 is 5.11 Å². The van der Waals surface area contributed by atoms with Crippen molar-refractivity contribution in [3.05, 3.63) is 70.3 Å². The molecule has 1 atom stereocenters. The second kappa shape index (κ2) is 5.06. The number of benzene rings is 2. The zero-order valence-electron chi connectivity index (χ0n) is 12.3. The minimum absolute atomic E-state index is 0.814. The number of aryl methyl sites for hydroxylation is 2. The van der Waals surface area contributed by atoms with Crippen LogP contribution in [0.15, 0.2) is 42.5 Å². The lowest BCUT2D eigenvalue weighted by molar-refractivity contribution is 0.0697. The van der Waals surface area contributed by atoms with E-state index in [9.17, 15) is 5.11 Å². The highest BCUT2D eigenvalue weighted by atomic mass is 16.3. The number of fused-ring (bicyclic) bond motifs is 1. The van der Waals surface area contributed by atoms with Gasteiger partial charge in [0.25, 0.3) is 0 Å². The predicted molar refractivity (Wildman–Crippen MR) is 82.9 cm³/mol. The van der Waals surface area contributed by atoms with E-state index in [0.29, 0.717) is 0 Å². The summed E-state index contributed by atoms with van der Waals surface area (Å²) in [6, 6.07) is 14.6. The molecule has 2 aromatic rings. The normalized spacial score (nSPS) is 22.1. The fraction of sp³-hybridized carbons (Fsp3) is 0.368. The second-order valence-corrected chi connectivity index (χ2v) is 5.97. The van der Waals surface area contributed by atoms with Crippen LogP contribution < -0.4 is 0 Å². The first-order valence-electron chi connectivity index (χ1n) is 7.50. The van der Waals surface area contributed by atoms with Gasteiger partial charge in [-0.25, -0.2) is 0 Å². The largest absolute Gasteiger partial charge is 0.380 e. The van der Waals surface area contributed by atoms with Crippen molar-refractivity contribution in [1.82, 2.24) is 0 Å². The minimum Gasteiger partial charge on any atom is -0.380 e. The maximum Gasteiger partial charge on any atom is 0.115 e. The average Bonchev–Trinajstić information content (AvgIpc) is 2.63. The molecule has 0 saturated carbocycles. The quantitative estimate of drug-likeness (QED) is 0.764. The Balaban J connectivity index is 2.22. The van der Waals surface area contributed by atoms with E-state index in [1.54, 1.807) is 0 Å². The van der Waals surface area contributed by atoms with Gasteiger partial charge >= 0.3 is 0 Å². The van der Waals surface area contributed by atoms with Crippen LogP contribution in [0.4, 0.5) is 0 Å². The van der Waals surface area contributed by atoms with Crippen LogP contribution in [0.25, 0.3) is 0 Å². The highest BCUT2D eigenvalue weighted by Crippen LogP contribution is 2.41. The van der Waals surface area contributed by atoms with Crippen molar-refractivity contribution in [1.29, 1.82) is 0 Å². The van der Waals surface area contributed by atoms with Gasteiger partial charge in [0, 0.05) is 0 Å². The van der Waals surface area contributed by atoms with Gasteiger partial charge in [0.15, 0.2) is 0 Å². The van der Waals surface area contributed by atoms with E-state index in [2.05, 4.69) is 50.2 Å². The maximum absolute atomic E-state index is 11.5. The number of rotatable bonds is 1. The van der Waals surface area contributed by atoms with Gasteiger partial charge in [-0.2, -0.15) is 0 Å². The summed E-state index contributed by atoms with van der Waals surface area (Å²) >= 11 is 0. The molecule has 3 rings (SSSR count). The van der Waals surface area contributed by atoms with E-state index in [1.807, 2.05) is 6.07 Å². The van der Waals surface area contributed by atoms with Crippen LogP contribution in [-0.4, -0.2) is 5.11 Å². The molecule has 1 nitrogen and oxygen atoms in total. The molecule has 1 aliphatic rings. The zero-order valence-corrected chi connectivity index (χ0v) is 12.3. The minimum atomic E-state index is -0.830. The lowest BCUT2D eigenvalue weighted by Gasteiger charge is -2.31. The number of hydrogen-bond acceptors (Lipinski definition) is 1. The Morgan fingerprint density at radius 3 is 2.50 bits per heavy atom. The van der Waals surface area contributed by atoms with Gasteiger partial charge in [0.05, 0.1) is 0 Å². The molecule has 0 aliphatic heterocycles. The van der Waals surface area contributed by atoms with Crippen molar-refractivity contribution in [3.63, 3.8) is 0 Å². The van der Waals surface area contributed by atoms with E-state index in [-0.39, 0.29) is 0 Å². The van der Waals surface area contributed by atoms with Crippen LogP contribution >= 0.6 is 0 Å². The Kier molecular flexibility index (Phi) is 3.39. The molecular weight excluding hydrogens is 244 g/mol. The summed E-state index contributed by atoms with van der Waals surface area (Å²) < 4.78 is 0. The van der Waals surface area contributed by atoms with Crippen molar-refractivity contribution < 1.29 is 5.11 Å². The molecule has 0 spiro atoms. The molecule has 0 aromatic heterocycles. The molecule has 0 saturated heterocycles. The molecule has 0 fully saturated rings. The Hall–Kier alpha value is -1.60. The van der Waals surface area contributed by atoms with Crippen molar-refractivity contribution in [2.75, 3.05) is 0 Å². The van der Waals surface area contributed by atoms with Crippen molar-refractivity contribution in [2.24, 2.45) is 0 Å². The first-order valence-corrected chi connectivity index (χ1v) is 7.50. The summed E-state index contributed by atoms with van der Waals surface area (Å²) in [4.78, 5) is 0. The molecule has 1 unspecified atom stereocenters. The molecule has 1 N–H and O–H groups in total. The fourth-order valence-electron chi connectivity index (χ4n) is 3.45. The van der Waals surface area contributed by atoms with Crippen LogP contribution in [0.2, 0.25) is 0 Å². The molecule has 0 bridgehead atoms. The van der Waals surface area contributed by atoms with Crippen LogP contribution in [0, 0.1) is 13.8 Å². The summed E-state index contributed by atoms with van der Waals surface area (Å²) in [6.07, 6.45) is 4.11. The smallest absolute Gasteiger partial charge is 0.115 e. The summed E-state index contributed by atoms with van der Waals surface area (Å²) in [6.45, 7) is 4.24. The zero-order chi connectivity index (χ0) is 14.2.